The maximum atomic E-state index is 11.1. The molecule has 0 saturated heterocycles. The molecule has 0 aliphatic carbocycles. The summed E-state index contributed by atoms with van der Waals surface area (Å²) in [6, 6.07) is 29.6. The van der Waals surface area contributed by atoms with Gasteiger partial charge in [-0.25, -0.2) is 9.68 Å². The van der Waals surface area contributed by atoms with Crippen LogP contribution in [0.1, 0.15) is 13.3 Å². The molecule has 0 heterocycles. The lowest BCUT2D eigenvalue weighted by Gasteiger charge is -2.03. The van der Waals surface area contributed by atoms with E-state index < -0.39 is 5.97 Å². The van der Waals surface area contributed by atoms with Gasteiger partial charge >= 0.3 is 5.97 Å². The summed E-state index contributed by atoms with van der Waals surface area (Å²) in [7, 11) is 0. The van der Waals surface area contributed by atoms with E-state index in [0.29, 0.717) is 17.7 Å². The van der Waals surface area contributed by atoms with Crippen molar-refractivity contribution in [2.24, 2.45) is 0 Å². The van der Waals surface area contributed by atoms with Crippen LogP contribution >= 0.6 is 0 Å². The molecule has 132 valence electrons. The zero-order valence-electron chi connectivity index (χ0n) is 14.8. The molecule has 0 aliphatic rings. The predicted octanol–water partition coefficient (Wildman–Crippen LogP) is 5.84. The minimum Gasteiger partial charge on any atom is -0.287 e. The van der Waals surface area contributed by atoms with Crippen LogP contribution in [0, 0.1) is 0 Å². The van der Waals surface area contributed by atoms with Crippen LogP contribution in [0.2, 0.25) is 0 Å². The molecule has 0 atom stereocenters. The third-order valence-corrected chi connectivity index (χ3v) is 3.55. The second-order valence-corrected chi connectivity index (χ2v) is 5.46. The molecule has 0 spiro atoms. The van der Waals surface area contributed by atoms with E-state index in [4.69, 9.17) is 4.89 Å². The smallest absolute Gasteiger partial charge is 0.287 e. The molecule has 0 radical (unpaired) electrons. The van der Waals surface area contributed by atoms with Crippen molar-refractivity contribution in [2.45, 2.75) is 13.3 Å². The lowest BCUT2D eigenvalue weighted by atomic mass is 10.1. The Morgan fingerprint density at radius 3 is 1.62 bits per heavy atom. The highest BCUT2D eigenvalue weighted by molar-refractivity contribution is 5.87. The van der Waals surface area contributed by atoms with Crippen molar-refractivity contribution in [3.8, 4) is 16.9 Å². The molecule has 0 fully saturated rings. The van der Waals surface area contributed by atoms with Crippen LogP contribution in [-0.4, -0.2) is 5.97 Å². The summed E-state index contributed by atoms with van der Waals surface area (Å²) in [6.45, 7) is 5.36. The van der Waals surface area contributed by atoms with E-state index in [9.17, 15) is 4.79 Å². The first kappa shape index (κ1) is 19.0. The Labute approximate surface area is 154 Å². The molecular formula is C23H22O3. The Morgan fingerprint density at radius 2 is 1.19 bits per heavy atom. The molecule has 0 N–H and O–H groups in total. The third kappa shape index (κ3) is 6.29. The fraction of sp³-hybridized carbons (Fsp3) is 0.0870. The van der Waals surface area contributed by atoms with E-state index in [1.54, 1.807) is 24.3 Å². The van der Waals surface area contributed by atoms with Crippen molar-refractivity contribution in [2.75, 3.05) is 0 Å². The van der Waals surface area contributed by atoms with Crippen LogP contribution in [0.25, 0.3) is 11.1 Å². The first-order valence-electron chi connectivity index (χ1n) is 8.43. The van der Waals surface area contributed by atoms with Crippen LogP contribution in [-0.2, 0) is 9.68 Å². The molecule has 26 heavy (non-hydrogen) atoms. The Balaban J connectivity index is 0.000000189. The van der Waals surface area contributed by atoms with Crippen molar-refractivity contribution < 1.29 is 14.6 Å². The first-order valence-corrected chi connectivity index (χ1v) is 8.43. The number of hydrogen-bond acceptors (Lipinski definition) is 3. The molecule has 0 unspecified atom stereocenters. The van der Waals surface area contributed by atoms with Gasteiger partial charge < -0.3 is 0 Å². The van der Waals surface area contributed by atoms with Crippen molar-refractivity contribution in [1.82, 2.24) is 0 Å². The monoisotopic (exact) mass is 346 g/mol. The minimum atomic E-state index is -0.531. The molecule has 3 rings (SSSR count). The number of carbonyl (C=O) groups excluding carboxylic acids is 1. The molecule has 0 amide bonds. The molecule has 3 aromatic rings. The number of benzene rings is 3. The van der Waals surface area contributed by atoms with Crippen molar-refractivity contribution >= 4 is 5.97 Å². The standard InChI is InChI=1S/C12H10.C11H12O3/c1-3-7-11(8-4-1)12-9-5-2-6-10-12;1-3-9(2)11(12)14-13-10-7-5-4-6-8-10/h1-10H;4-8H,2-3H2,1H3. The van der Waals surface area contributed by atoms with Crippen molar-refractivity contribution in [3.63, 3.8) is 0 Å². The van der Waals surface area contributed by atoms with Gasteiger partial charge in [0, 0.05) is 5.57 Å². The Bertz CT molecular complexity index is 759. The van der Waals surface area contributed by atoms with Crippen LogP contribution in [0.15, 0.2) is 103 Å². The number of carbonyl (C=O) groups is 1. The largest absolute Gasteiger partial charge is 0.381 e. The summed E-state index contributed by atoms with van der Waals surface area (Å²) in [5.41, 5.74) is 2.94. The van der Waals surface area contributed by atoms with Gasteiger partial charge in [-0.2, -0.15) is 0 Å². The molecule has 0 saturated carbocycles. The number of rotatable bonds is 5. The summed E-state index contributed by atoms with van der Waals surface area (Å²) in [5, 5.41) is 0. The average Bonchev–Trinajstić information content (AvgIpc) is 2.74. The fourth-order valence-corrected chi connectivity index (χ4v) is 2.03. The highest BCUT2D eigenvalue weighted by Crippen LogP contribution is 2.17. The second-order valence-electron chi connectivity index (χ2n) is 5.46. The zero-order chi connectivity index (χ0) is 18.6. The number of hydrogen-bond donors (Lipinski definition) is 0. The Morgan fingerprint density at radius 1 is 0.769 bits per heavy atom. The number of para-hydroxylation sites is 1. The second kappa shape index (κ2) is 10.5. The van der Waals surface area contributed by atoms with E-state index >= 15 is 0 Å². The van der Waals surface area contributed by atoms with E-state index in [1.807, 2.05) is 25.1 Å². The van der Waals surface area contributed by atoms with Crippen LogP contribution in [0.3, 0.4) is 0 Å². The minimum absolute atomic E-state index is 0.390. The van der Waals surface area contributed by atoms with Crippen molar-refractivity contribution in [1.29, 1.82) is 0 Å². The molecule has 0 aliphatic heterocycles. The summed E-state index contributed by atoms with van der Waals surface area (Å²) in [6.07, 6.45) is 0.553. The molecule has 0 bridgehead atoms. The van der Waals surface area contributed by atoms with E-state index in [-0.39, 0.29) is 0 Å². The topological polar surface area (TPSA) is 35.5 Å². The SMILES string of the molecule is C=C(CC)C(=O)OOc1ccccc1.c1ccc(-c2ccccc2)cc1. The molecule has 3 heteroatoms. The van der Waals surface area contributed by atoms with Gasteiger partial charge in [-0.05, 0) is 29.7 Å². The summed E-state index contributed by atoms with van der Waals surface area (Å²) >= 11 is 0. The lowest BCUT2D eigenvalue weighted by Crippen LogP contribution is -2.09. The maximum Gasteiger partial charge on any atom is 0.381 e. The highest BCUT2D eigenvalue weighted by Gasteiger charge is 2.07. The van der Waals surface area contributed by atoms with Gasteiger partial charge in [0.25, 0.3) is 0 Å². The summed E-state index contributed by atoms with van der Waals surface area (Å²) in [5.74, 6) is -0.0406. The third-order valence-electron chi connectivity index (χ3n) is 3.55. The Hall–Kier alpha value is -3.33. The van der Waals surface area contributed by atoms with Crippen LogP contribution in [0.4, 0.5) is 0 Å². The highest BCUT2D eigenvalue weighted by atomic mass is 17.2. The normalized spacial score (nSPS) is 9.42. The predicted molar refractivity (Wildman–Crippen MR) is 104 cm³/mol. The van der Waals surface area contributed by atoms with E-state index in [2.05, 4.69) is 60.0 Å². The lowest BCUT2D eigenvalue weighted by molar-refractivity contribution is -0.208. The summed E-state index contributed by atoms with van der Waals surface area (Å²) < 4.78 is 0. The van der Waals surface area contributed by atoms with Gasteiger partial charge in [0.1, 0.15) is 0 Å². The Kier molecular flexibility index (Phi) is 7.69. The first-order chi connectivity index (χ1) is 12.7. The van der Waals surface area contributed by atoms with Crippen LogP contribution in [0.5, 0.6) is 5.75 Å². The fourth-order valence-electron chi connectivity index (χ4n) is 2.03. The average molecular weight is 346 g/mol. The van der Waals surface area contributed by atoms with Gasteiger partial charge in [-0.15, -0.1) is 0 Å². The van der Waals surface area contributed by atoms with Crippen LogP contribution < -0.4 is 4.89 Å². The molecule has 3 aromatic carbocycles. The van der Waals surface area contributed by atoms with E-state index in [0.717, 1.165) is 0 Å². The molecule has 3 nitrogen and oxygen atoms in total. The van der Waals surface area contributed by atoms with E-state index in [1.165, 1.54) is 11.1 Å². The summed E-state index contributed by atoms with van der Waals surface area (Å²) in [4.78, 5) is 20.4. The van der Waals surface area contributed by atoms with Gasteiger partial charge in [-0.1, -0.05) is 92.4 Å². The molecular weight excluding hydrogens is 324 g/mol. The van der Waals surface area contributed by atoms with Gasteiger partial charge in [-0.3, -0.25) is 4.89 Å². The van der Waals surface area contributed by atoms with Gasteiger partial charge in [0.2, 0.25) is 0 Å². The van der Waals surface area contributed by atoms with Crippen molar-refractivity contribution in [3.05, 3.63) is 103 Å². The maximum absolute atomic E-state index is 11.1. The zero-order valence-corrected chi connectivity index (χ0v) is 14.8. The van der Waals surface area contributed by atoms with Gasteiger partial charge in [0.15, 0.2) is 5.75 Å². The quantitative estimate of drug-likeness (QED) is 0.330. The van der Waals surface area contributed by atoms with Gasteiger partial charge in [0.05, 0.1) is 0 Å². The molecule has 0 aromatic heterocycles.